The van der Waals surface area contributed by atoms with Gasteiger partial charge in [-0.3, -0.25) is 0 Å². The molecule has 0 aliphatic rings. The number of aromatic nitrogens is 1. The Morgan fingerprint density at radius 3 is 2.37 bits per heavy atom. The summed E-state index contributed by atoms with van der Waals surface area (Å²) in [5.41, 5.74) is -0.0923. The molecule has 0 fully saturated rings. The summed E-state index contributed by atoms with van der Waals surface area (Å²) in [6, 6.07) is 1.05. The van der Waals surface area contributed by atoms with E-state index in [9.17, 15) is 22.5 Å². The Hall–Kier alpha value is -0.460. The average molecular weight is 541 g/mol. The van der Waals surface area contributed by atoms with Crippen molar-refractivity contribution >= 4 is 50.9 Å². The first-order chi connectivity index (χ1) is 12.1. The van der Waals surface area contributed by atoms with Crippen molar-refractivity contribution in [3.05, 3.63) is 20.5 Å². The van der Waals surface area contributed by atoms with Gasteiger partial charge in [0.15, 0.2) is 17.0 Å². The van der Waals surface area contributed by atoms with E-state index in [0.717, 1.165) is 6.07 Å². The van der Waals surface area contributed by atoms with Crippen LogP contribution in [0, 0.1) is 9.49 Å². The summed E-state index contributed by atoms with van der Waals surface area (Å²) in [7, 11) is -1.48. The van der Waals surface area contributed by atoms with Gasteiger partial charge in [-0.15, -0.1) is 0 Å². The molecule has 5 nitrogen and oxygen atoms in total. The van der Waals surface area contributed by atoms with Gasteiger partial charge in [0.05, 0.1) is 19.7 Å². The van der Waals surface area contributed by atoms with Crippen LogP contribution in [-0.4, -0.2) is 37.5 Å². The summed E-state index contributed by atoms with van der Waals surface area (Å²) in [5.74, 6) is 0.0114. The van der Waals surface area contributed by atoms with Crippen LogP contribution in [-0.2, 0) is 11.0 Å². The fourth-order valence-electron chi connectivity index (χ4n) is 1.61. The molecular formula is C16H21ClF3IN2O3S. The van der Waals surface area contributed by atoms with Gasteiger partial charge in [-0.05, 0) is 55.3 Å². The third kappa shape index (κ3) is 7.13. The molecule has 1 aromatic heterocycles. The molecule has 2 atom stereocenters. The van der Waals surface area contributed by atoms with E-state index in [-0.39, 0.29) is 27.0 Å². The zero-order chi connectivity index (χ0) is 21.2. The summed E-state index contributed by atoms with van der Waals surface area (Å²) in [6.45, 7) is 9.04. The van der Waals surface area contributed by atoms with E-state index < -0.39 is 33.7 Å². The lowest BCUT2D eigenvalue weighted by Crippen LogP contribution is -2.25. The Labute approximate surface area is 177 Å². The molecule has 0 bridgehead atoms. The van der Waals surface area contributed by atoms with Crippen LogP contribution in [0.2, 0.25) is 5.15 Å². The van der Waals surface area contributed by atoms with Crippen molar-refractivity contribution in [1.29, 1.82) is 0 Å². The number of nitrogens with zero attached hydrogens (tertiary/aromatic N) is 2. The van der Waals surface area contributed by atoms with E-state index in [2.05, 4.69) is 9.38 Å². The van der Waals surface area contributed by atoms with Crippen LogP contribution in [0.3, 0.4) is 0 Å². The van der Waals surface area contributed by atoms with Crippen molar-refractivity contribution in [1.82, 2.24) is 4.98 Å². The van der Waals surface area contributed by atoms with E-state index in [0.29, 0.717) is 5.71 Å². The predicted molar refractivity (Wildman–Crippen MR) is 109 cm³/mol. The van der Waals surface area contributed by atoms with E-state index in [1.165, 1.54) is 0 Å². The van der Waals surface area contributed by atoms with Gasteiger partial charge < -0.3 is 9.84 Å². The SMILES string of the molecule is CC(C)C(COc1c(I)cc(C(O)C(F)(F)F)nc1Cl)=NS(=O)C(C)(C)C. The second-order valence-corrected chi connectivity index (χ2v) is 10.4. The van der Waals surface area contributed by atoms with Crippen molar-refractivity contribution < 1.29 is 27.2 Å². The second-order valence-electron chi connectivity index (χ2n) is 6.98. The molecule has 1 heterocycles. The van der Waals surface area contributed by atoms with Crippen LogP contribution in [0.25, 0.3) is 0 Å². The maximum absolute atomic E-state index is 12.6. The first kappa shape index (κ1) is 24.6. The Morgan fingerprint density at radius 2 is 1.96 bits per heavy atom. The van der Waals surface area contributed by atoms with Gasteiger partial charge in [-0.25, -0.2) is 9.19 Å². The fourth-order valence-corrected chi connectivity index (χ4v) is 3.51. The molecule has 1 N–H and O–H groups in total. The van der Waals surface area contributed by atoms with Gasteiger partial charge in [-0.1, -0.05) is 25.4 Å². The van der Waals surface area contributed by atoms with Crippen molar-refractivity contribution in [3.8, 4) is 5.75 Å². The van der Waals surface area contributed by atoms with Gasteiger partial charge in [-0.2, -0.15) is 17.6 Å². The average Bonchev–Trinajstić information content (AvgIpc) is 2.49. The van der Waals surface area contributed by atoms with Gasteiger partial charge in [0, 0.05) is 0 Å². The van der Waals surface area contributed by atoms with E-state index in [4.69, 9.17) is 16.3 Å². The first-order valence-electron chi connectivity index (χ1n) is 7.87. The highest BCUT2D eigenvalue weighted by Gasteiger charge is 2.41. The molecule has 154 valence electrons. The Morgan fingerprint density at radius 1 is 1.41 bits per heavy atom. The van der Waals surface area contributed by atoms with Crippen LogP contribution >= 0.6 is 34.2 Å². The highest BCUT2D eigenvalue weighted by Crippen LogP contribution is 2.36. The minimum atomic E-state index is -4.85. The lowest BCUT2D eigenvalue weighted by molar-refractivity contribution is -0.208. The molecule has 0 aliphatic carbocycles. The van der Waals surface area contributed by atoms with Crippen molar-refractivity contribution in [2.75, 3.05) is 6.61 Å². The van der Waals surface area contributed by atoms with Crippen LogP contribution in [0.15, 0.2) is 10.5 Å². The molecule has 1 rings (SSSR count). The fraction of sp³-hybridized carbons (Fsp3) is 0.625. The Kier molecular flexibility index (Phi) is 8.52. The highest BCUT2D eigenvalue weighted by atomic mass is 127. The number of rotatable bonds is 6. The quantitative estimate of drug-likeness (QED) is 0.317. The standard InChI is InChI=1S/C16H21ClF3IN2O3S/c1-8(2)11(23-27(25)15(3,4)5)7-26-12-9(21)6-10(22-14(12)17)13(24)16(18,19)20/h6,8,13,24H,7H2,1-5H3. The van der Waals surface area contributed by atoms with Gasteiger partial charge in [0.2, 0.25) is 0 Å². The molecule has 27 heavy (non-hydrogen) atoms. The molecule has 1 aromatic rings. The topological polar surface area (TPSA) is 71.8 Å². The summed E-state index contributed by atoms with van der Waals surface area (Å²) < 4.78 is 59.7. The lowest BCUT2D eigenvalue weighted by Gasteiger charge is -2.19. The number of hydrogen-bond donors (Lipinski definition) is 1. The van der Waals surface area contributed by atoms with E-state index in [1.807, 2.05) is 13.8 Å². The molecule has 0 aliphatic heterocycles. The zero-order valence-corrected chi connectivity index (χ0v) is 19.1. The lowest BCUT2D eigenvalue weighted by atomic mass is 10.1. The summed E-state index contributed by atoms with van der Waals surface area (Å²) >= 11 is 7.70. The van der Waals surface area contributed by atoms with Gasteiger partial charge in [0.1, 0.15) is 17.6 Å². The van der Waals surface area contributed by atoms with Crippen LogP contribution in [0.5, 0.6) is 5.75 Å². The van der Waals surface area contributed by atoms with Crippen molar-refractivity contribution in [2.24, 2.45) is 10.3 Å². The molecule has 11 heteroatoms. The Bertz CT molecular complexity index is 714. The second kappa shape index (κ2) is 9.36. The normalized spacial score (nSPS) is 15.8. The number of alkyl halides is 3. The molecule has 0 aromatic carbocycles. The monoisotopic (exact) mass is 540 g/mol. The molecule has 0 spiro atoms. The summed E-state index contributed by atoms with van der Waals surface area (Å²) in [5, 5.41) is 9.01. The largest absolute Gasteiger partial charge is 0.483 e. The first-order valence-corrected chi connectivity index (χ1v) is 10.4. The summed E-state index contributed by atoms with van der Waals surface area (Å²) in [6.07, 6.45) is -7.59. The van der Waals surface area contributed by atoms with E-state index >= 15 is 0 Å². The highest BCUT2D eigenvalue weighted by molar-refractivity contribution is 14.1. The number of aliphatic hydroxyl groups excluding tert-OH is 1. The predicted octanol–water partition coefficient (Wildman–Crippen LogP) is 4.87. The zero-order valence-electron chi connectivity index (χ0n) is 15.4. The molecule has 2 unspecified atom stereocenters. The minimum Gasteiger partial charge on any atom is -0.483 e. The number of ether oxygens (including phenoxy) is 1. The number of hydrogen-bond acceptors (Lipinski definition) is 4. The van der Waals surface area contributed by atoms with E-state index in [1.54, 1.807) is 43.4 Å². The molecule has 0 saturated heterocycles. The number of aliphatic hydroxyl groups is 1. The number of halogens is 5. The smallest absolute Gasteiger partial charge is 0.420 e. The van der Waals surface area contributed by atoms with Crippen LogP contribution < -0.4 is 4.74 Å². The van der Waals surface area contributed by atoms with Crippen molar-refractivity contribution in [3.63, 3.8) is 0 Å². The van der Waals surface area contributed by atoms with Crippen molar-refractivity contribution in [2.45, 2.75) is 51.6 Å². The third-order valence-corrected chi connectivity index (χ3v) is 5.76. The molecule has 0 amide bonds. The Balaban J connectivity index is 3.08. The third-order valence-electron chi connectivity index (χ3n) is 3.25. The maximum Gasteiger partial charge on any atom is 0.420 e. The van der Waals surface area contributed by atoms with Gasteiger partial charge >= 0.3 is 6.18 Å². The minimum absolute atomic E-state index is 0.0436. The van der Waals surface area contributed by atoms with Crippen LogP contribution in [0.1, 0.15) is 46.4 Å². The van der Waals surface area contributed by atoms with Gasteiger partial charge in [0.25, 0.3) is 0 Å². The molecule has 0 saturated carbocycles. The molecular weight excluding hydrogens is 520 g/mol. The molecule has 0 radical (unpaired) electrons. The maximum atomic E-state index is 12.6. The van der Waals surface area contributed by atoms with Crippen LogP contribution in [0.4, 0.5) is 13.2 Å². The summed E-state index contributed by atoms with van der Waals surface area (Å²) in [4.78, 5) is 3.59. The number of pyridine rings is 1.